The number of nitrogens with zero attached hydrogens (tertiary/aromatic N) is 2. The van der Waals surface area contributed by atoms with Gasteiger partial charge in [-0.1, -0.05) is 6.07 Å². The second-order valence-electron chi connectivity index (χ2n) is 5.96. The molecule has 0 amide bonds. The smallest absolute Gasteiger partial charge is 0.422 e. The fourth-order valence-electron chi connectivity index (χ4n) is 2.34. The van der Waals surface area contributed by atoms with Crippen molar-refractivity contribution < 1.29 is 31.8 Å². The number of benzene rings is 1. The molecule has 2 heterocycles. The quantitative estimate of drug-likeness (QED) is 0.382. The lowest BCUT2D eigenvalue weighted by Crippen LogP contribution is -2.19. The maximum absolute atomic E-state index is 13.8. The van der Waals surface area contributed by atoms with Crippen molar-refractivity contribution in [1.29, 1.82) is 0 Å². The molecule has 29 heavy (non-hydrogen) atoms. The Hall–Kier alpha value is -3.01. The van der Waals surface area contributed by atoms with E-state index in [1.165, 1.54) is 30.5 Å². The summed E-state index contributed by atoms with van der Waals surface area (Å²) in [6, 6.07) is 8.68. The number of alkyl halides is 3. The maximum Gasteiger partial charge on any atom is 0.422 e. The van der Waals surface area contributed by atoms with Crippen molar-refractivity contribution in [2.45, 2.75) is 19.2 Å². The predicted molar refractivity (Wildman–Crippen MR) is 97.7 cm³/mol. The maximum atomic E-state index is 13.8. The Labute approximate surface area is 167 Å². The van der Waals surface area contributed by atoms with E-state index in [4.69, 9.17) is 4.74 Å². The van der Waals surface area contributed by atoms with Crippen LogP contribution in [-0.2, 0) is 0 Å². The van der Waals surface area contributed by atoms with Gasteiger partial charge >= 0.3 is 6.18 Å². The molecular weight excluding hydrogens is 412 g/mol. The van der Waals surface area contributed by atoms with Crippen molar-refractivity contribution in [2.75, 3.05) is 6.61 Å². The molecule has 3 aromatic rings. The minimum absolute atomic E-state index is 0.0314. The van der Waals surface area contributed by atoms with Crippen molar-refractivity contribution in [3.05, 3.63) is 58.9 Å². The standard InChI is InChI=1S/C19H14F4N2O3S/c1-11(28-14-4-5-18(24-8-14)27-10-19(21,22)23)17-7-16(25-29-17)12-2-3-13(9-26)15(20)6-12/h2-9,11H,10H2,1H3. The van der Waals surface area contributed by atoms with Gasteiger partial charge in [-0.25, -0.2) is 9.37 Å². The zero-order chi connectivity index (χ0) is 21.0. The summed E-state index contributed by atoms with van der Waals surface area (Å²) in [5.74, 6) is -0.452. The molecule has 0 saturated carbocycles. The number of carbonyl (C=O) groups excluding carboxylic acids is 1. The predicted octanol–water partition coefficient (Wildman–Crippen LogP) is 5.24. The molecule has 1 atom stereocenters. The zero-order valence-corrected chi connectivity index (χ0v) is 15.8. The summed E-state index contributed by atoms with van der Waals surface area (Å²) >= 11 is 1.16. The van der Waals surface area contributed by atoms with Gasteiger partial charge in [-0.15, -0.1) is 0 Å². The molecule has 2 aromatic heterocycles. The Morgan fingerprint density at radius 2 is 2.00 bits per heavy atom. The minimum Gasteiger partial charge on any atom is -0.484 e. The van der Waals surface area contributed by atoms with Gasteiger partial charge in [0.15, 0.2) is 12.9 Å². The first-order chi connectivity index (χ1) is 13.7. The van der Waals surface area contributed by atoms with E-state index >= 15 is 0 Å². The van der Waals surface area contributed by atoms with Crippen molar-refractivity contribution in [3.8, 4) is 22.9 Å². The van der Waals surface area contributed by atoms with Gasteiger partial charge in [-0.3, -0.25) is 4.79 Å². The average molecular weight is 426 g/mol. The third-order valence-corrected chi connectivity index (χ3v) is 4.71. The molecule has 10 heteroatoms. The van der Waals surface area contributed by atoms with Crippen LogP contribution in [0.5, 0.6) is 11.6 Å². The van der Waals surface area contributed by atoms with E-state index in [-0.39, 0.29) is 11.4 Å². The molecule has 0 radical (unpaired) electrons. The molecule has 0 saturated heterocycles. The number of rotatable bonds is 7. The number of aromatic nitrogens is 2. The zero-order valence-electron chi connectivity index (χ0n) is 14.9. The van der Waals surface area contributed by atoms with E-state index in [1.807, 2.05) is 0 Å². The molecule has 152 valence electrons. The summed E-state index contributed by atoms with van der Waals surface area (Å²) in [6.45, 7) is 0.343. The van der Waals surface area contributed by atoms with E-state index in [9.17, 15) is 22.4 Å². The fraction of sp³-hybridized carbons (Fsp3) is 0.211. The van der Waals surface area contributed by atoms with Gasteiger partial charge < -0.3 is 9.47 Å². The van der Waals surface area contributed by atoms with Gasteiger partial charge in [0.1, 0.15) is 17.7 Å². The van der Waals surface area contributed by atoms with E-state index in [2.05, 4.69) is 14.1 Å². The summed E-state index contributed by atoms with van der Waals surface area (Å²) in [5.41, 5.74) is 1.03. The first-order valence-corrected chi connectivity index (χ1v) is 9.06. The Morgan fingerprint density at radius 3 is 2.62 bits per heavy atom. The summed E-state index contributed by atoms with van der Waals surface area (Å²) in [6.07, 6.45) is -3.16. The van der Waals surface area contributed by atoms with Gasteiger partial charge in [0, 0.05) is 11.6 Å². The summed E-state index contributed by atoms with van der Waals surface area (Å²) in [5, 5.41) is 0. The van der Waals surface area contributed by atoms with Crippen molar-refractivity contribution >= 4 is 17.8 Å². The van der Waals surface area contributed by atoms with Gasteiger partial charge in [-0.2, -0.15) is 17.5 Å². The first-order valence-electron chi connectivity index (χ1n) is 8.29. The van der Waals surface area contributed by atoms with Gasteiger partial charge in [0.25, 0.3) is 0 Å². The first kappa shape index (κ1) is 20.7. The molecule has 0 bridgehead atoms. The Balaban J connectivity index is 1.65. The summed E-state index contributed by atoms with van der Waals surface area (Å²) in [7, 11) is 0. The van der Waals surface area contributed by atoms with E-state index < -0.39 is 24.7 Å². The van der Waals surface area contributed by atoms with Crippen molar-refractivity contribution in [2.24, 2.45) is 0 Å². The Bertz CT molecular complexity index is 990. The third kappa shape index (κ3) is 5.50. The van der Waals surface area contributed by atoms with Gasteiger partial charge in [0.05, 0.1) is 22.3 Å². The molecular formula is C19H14F4N2O3S. The number of hydrogen-bond acceptors (Lipinski definition) is 6. The fourth-order valence-corrected chi connectivity index (χ4v) is 3.06. The third-order valence-electron chi connectivity index (χ3n) is 3.76. The summed E-state index contributed by atoms with van der Waals surface area (Å²) in [4.78, 5) is 15.2. The van der Waals surface area contributed by atoms with E-state index in [1.54, 1.807) is 19.1 Å². The van der Waals surface area contributed by atoms with Crippen molar-refractivity contribution in [1.82, 2.24) is 9.36 Å². The number of pyridine rings is 1. The Kier molecular flexibility index (Phi) is 6.12. The molecule has 1 unspecified atom stereocenters. The molecule has 0 aliphatic carbocycles. The molecule has 1 aromatic carbocycles. The van der Waals surface area contributed by atoms with Crippen molar-refractivity contribution in [3.63, 3.8) is 0 Å². The minimum atomic E-state index is -4.44. The van der Waals surface area contributed by atoms with Crippen LogP contribution in [0, 0.1) is 5.82 Å². The Morgan fingerprint density at radius 1 is 1.21 bits per heavy atom. The lowest BCUT2D eigenvalue weighted by Gasteiger charge is -2.13. The molecule has 0 aliphatic heterocycles. The monoisotopic (exact) mass is 426 g/mol. The number of halogens is 4. The van der Waals surface area contributed by atoms with Crippen LogP contribution in [0.4, 0.5) is 17.6 Å². The summed E-state index contributed by atoms with van der Waals surface area (Å²) < 4.78 is 64.8. The van der Waals surface area contributed by atoms with E-state index in [0.717, 1.165) is 16.4 Å². The lowest BCUT2D eigenvalue weighted by molar-refractivity contribution is -0.154. The van der Waals surface area contributed by atoms with Crippen LogP contribution in [0.2, 0.25) is 0 Å². The van der Waals surface area contributed by atoms with Crippen LogP contribution in [0.15, 0.2) is 42.6 Å². The lowest BCUT2D eigenvalue weighted by atomic mass is 10.1. The second kappa shape index (κ2) is 8.56. The van der Waals surface area contributed by atoms with E-state index in [0.29, 0.717) is 23.3 Å². The average Bonchev–Trinajstić information content (AvgIpc) is 3.17. The van der Waals surface area contributed by atoms with Crippen LogP contribution >= 0.6 is 11.5 Å². The highest BCUT2D eigenvalue weighted by Crippen LogP contribution is 2.30. The van der Waals surface area contributed by atoms with Crippen LogP contribution in [0.1, 0.15) is 28.3 Å². The van der Waals surface area contributed by atoms with Crippen LogP contribution in [0.3, 0.4) is 0 Å². The van der Waals surface area contributed by atoms with Crippen LogP contribution < -0.4 is 9.47 Å². The number of hydrogen-bond donors (Lipinski definition) is 0. The largest absolute Gasteiger partial charge is 0.484 e. The highest BCUT2D eigenvalue weighted by molar-refractivity contribution is 7.06. The number of ether oxygens (including phenoxy) is 2. The molecule has 3 rings (SSSR count). The SMILES string of the molecule is CC(Oc1ccc(OCC(F)(F)F)nc1)c1cc(-c2ccc(C=O)c(F)c2)ns1. The number of carbonyl (C=O) groups is 1. The highest BCUT2D eigenvalue weighted by Gasteiger charge is 2.28. The molecule has 0 spiro atoms. The van der Waals surface area contributed by atoms with Gasteiger partial charge in [0.2, 0.25) is 5.88 Å². The second-order valence-corrected chi connectivity index (χ2v) is 6.80. The normalized spacial score (nSPS) is 12.4. The van der Waals surface area contributed by atoms with Gasteiger partial charge in [-0.05, 0) is 42.7 Å². The molecule has 0 aliphatic rings. The number of aldehydes is 1. The molecule has 0 fully saturated rings. The molecule has 5 nitrogen and oxygen atoms in total. The highest BCUT2D eigenvalue weighted by atomic mass is 32.1. The van der Waals surface area contributed by atoms with Crippen LogP contribution in [-0.4, -0.2) is 28.4 Å². The molecule has 0 N–H and O–H groups in total. The van der Waals surface area contributed by atoms with Crippen LogP contribution in [0.25, 0.3) is 11.3 Å². The topological polar surface area (TPSA) is 61.3 Å².